The van der Waals surface area contributed by atoms with Crippen LogP contribution in [0.4, 0.5) is 13.2 Å². The number of rotatable bonds is 6. The number of carbonyl (C=O) groups excluding carboxylic acids is 1. The standard InChI is InChI=1S/C17H14F3N3O3S/c18-17(19,20)26-13-4-2-1-3-11(13)9-21-14(24)5-7-23-10-22-15-12(16(23)25)6-8-27-15/h1-4,6,8,10H,5,7,9H2,(H,21,24). The average molecular weight is 397 g/mol. The number of hydrogen-bond acceptors (Lipinski definition) is 5. The maximum Gasteiger partial charge on any atom is 0.573 e. The Balaban J connectivity index is 1.59. The van der Waals surface area contributed by atoms with E-state index >= 15 is 0 Å². The quantitative estimate of drug-likeness (QED) is 0.694. The van der Waals surface area contributed by atoms with Crippen LogP contribution >= 0.6 is 11.3 Å². The Kier molecular flexibility index (Phi) is 5.45. The molecular formula is C17H14F3N3O3S. The number of halogens is 3. The summed E-state index contributed by atoms with van der Waals surface area (Å²) >= 11 is 1.35. The first-order valence-electron chi connectivity index (χ1n) is 7.86. The monoisotopic (exact) mass is 397 g/mol. The molecule has 0 aliphatic rings. The van der Waals surface area contributed by atoms with Crippen LogP contribution in [0.25, 0.3) is 10.2 Å². The summed E-state index contributed by atoms with van der Waals surface area (Å²) in [6.07, 6.45) is -3.45. The highest BCUT2D eigenvalue weighted by molar-refractivity contribution is 7.16. The van der Waals surface area contributed by atoms with Crippen LogP contribution in [0, 0.1) is 0 Å². The summed E-state index contributed by atoms with van der Waals surface area (Å²) in [7, 11) is 0. The number of ether oxygens (including phenoxy) is 1. The molecule has 3 aromatic rings. The molecule has 1 amide bonds. The molecule has 0 radical (unpaired) electrons. The maximum absolute atomic E-state index is 12.4. The van der Waals surface area contributed by atoms with Gasteiger partial charge in [-0.2, -0.15) is 0 Å². The average Bonchev–Trinajstić information content (AvgIpc) is 3.09. The number of fused-ring (bicyclic) bond motifs is 1. The summed E-state index contributed by atoms with van der Waals surface area (Å²) in [5.41, 5.74) is -0.0420. The van der Waals surface area contributed by atoms with Crippen LogP contribution in [0.3, 0.4) is 0 Å². The Morgan fingerprint density at radius 3 is 2.81 bits per heavy atom. The van der Waals surface area contributed by atoms with Crippen molar-refractivity contribution in [2.45, 2.75) is 25.9 Å². The zero-order valence-corrected chi connectivity index (χ0v) is 14.6. The molecule has 2 aromatic heterocycles. The van der Waals surface area contributed by atoms with Gasteiger partial charge in [-0.3, -0.25) is 14.2 Å². The third-order valence-electron chi connectivity index (χ3n) is 3.70. The Morgan fingerprint density at radius 1 is 1.26 bits per heavy atom. The summed E-state index contributed by atoms with van der Waals surface area (Å²) in [5, 5.41) is 4.77. The van der Waals surface area contributed by atoms with Crippen molar-refractivity contribution in [3.63, 3.8) is 0 Å². The fourth-order valence-corrected chi connectivity index (χ4v) is 3.15. The molecule has 0 aliphatic carbocycles. The van der Waals surface area contributed by atoms with E-state index in [1.54, 1.807) is 17.5 Å². The highest BCUT2D eigenvalue weighted by Crippen LogP contribution is 2.26. The Bertz CT molecular complexity index is 1010. The Labute approximate surface area is 155 Å². The van der Waals surface area contributed by atoms with E-state index in [0.717, 1.165) is 0 Å². The molecule has 0 unspecified atom stereocenters. The van der Waals surface area contributed by atoms with Crippen LogP contribution < -0.4 is 15.6 Å². The summed E-state index contributed by atoms with van der Waals surface area (Å²) in [6.45, 7) is -0.00798. The van der Waals surface area contributed by atoms with Crippen molar-refractivity contribution in [2.24, 2.45) is 0 Å². The lowest BCUT2D eigenvalue weighted by Gasteiger charge is -2.13. The van der Waals surface area contributed by atoms with Crippen LogP contribution in [0.5, 0.6) is 5.75 Å². The topological polar surface area (TPSA) is 73.2 Å². The van der Waals surface area contributed by atoms with E-state index in [2.05, 4.69) is 15.0 Å². The molecule has 0 saturated carbocycles. The van der Waals surface area contributed by atoms with Gasteiger partial charge in [-0.15, -0.1) is 24.5 Å². The van der Waals surface area contributed by atoms with Crippen LogP contribution in [0.1, 0.15) is 12.0 Å². The molecule has 3 rings (SSSR count). The number of hydrogen-bond donors (Lipinski definition) is 1. The molecule has 10 heteroatoms. The number of thiophene rings is 1. The fraction of sp³-hybridized carbons (Fsp3) is 0.235. The van der Waals surface area contributed by atoms with E-state index in [4.69, 9.17) is 0 Å². The number of aryl methyl sites for hydroxylation is 1. The molecule has 0 saturated heterocycles. The van der Waals surface area contributed by atoms with Crippen LogP contribution in [0.2, 0.25) is 0 Å². The summed E-state index contributed by atoms with van der Waals surface area (Å²) < 4.78 is 42.5. The predicted octanol–water partition coefficient (Wildman–Crippen LogP) is 3.06. The second-order valence-corrected chi connectivity index (χ2v) is 6.46. The first kappa shape index (κ1) is 18.9. The third kappa shape index (κ3) is 4.85. The third-order valence-corrected chi connectivity index (χ3v) is 4.53. The number of benzene rings is 1. The highest BCUT2D eigenvalue weighted by Gasteiger charge is 2.31. The molecule has 1 aromatic carbocycles. The van der Waals surface area contributed by atoms with E-state index in [-0.39, 0.29) is 36.4 Å². The van der Waals surface area contributed by atoms with Gasteiger partial charge in [0.15, 0.2) is 0 Å². The molecule has 1 N–H and O–H groups in total. The number of aromatic nitrogens is 2. The minimum absolute atomic E-state index is 0.0144. The van der Waals surface area contributed by atoms with E-state index in [1.165, 1.54) is 40.4 Å². The second kappa shape index (κ2) is 7.78. The highest BCUT2D eigenvalue weighted by atomic mass is 32.1. The van der Waals surface area contributed by atoms with Gasteiger partial charge in [-0.25, -0.2) is 4.98 Å². The zero-order chi connectivity index (χ0) is 19.4. The minimum Gasteiger partial charge on any atom is -0.405 e. The van der Waals surface area contributed by atoms with Gasteiger partial charge >= 0.3 is 6.36 Å². The smallest absolute Gasteiger partial charge is 0.405 e. The molecule has 0 fully saturated rings. The summed E-state index contributed by atoms with van der Waals surface area (Å²) in [5.74, 6) is -0.775. The largest absolute Gasteiger partial charge is 0.573 e. The Hall–Kier alpha value is -2.88. The number of para-hydroxylation sites is 1. The molecule has 2 heterocycles. The number of nitrogens with one attached hydrogen (secondary N) is 1. The molecular weight excluding hydrogens is 383 g/mol. The molecule has 0 bridgehead atoms. The number of amides is 1. The van der Waals surface area contributed by atoms with Crippen molar-refractivity contribution in [3.8, 4) is 5.75 Å². The minimum atomic E-state index is -4.81. The van der Waals surface area contributed by atoms with Crippen molar-refractivity contribution in [2.75, 3.05) is 0 Å². The van der Waals surface area contributed by atoms with E-state index < -0.39 is 12.3 Å². The van der Waals surface area contributed by atoms with Gasteiger partial charge in [0.25, 0.3) is 5.56 Å². The fourth-order valence-electron chi connectivity index (χ4n) is 2.43. The van der Waals surface area contributed by atoms with Crippen LogP contribution in [0.15, 0.2) is 46.8 Å². The molecule has 0 spiro atoms. The van der Waals surface area contributed by atoms with Crippen molar-refractivity contribution in [1.29, 1.82) is 0 Å². The van der Waals surface area contributed by atoms with E-state index in [0.29, 0.717) is 10.2 Å². The zero-order valence-electron chi connectivity index (χ0n) is 13.8. The van der Waals surface area contributed by atoms with Gasteiger partial charge in [0, 0.05) is 25.1 Å². The van der Waals surface area contributed by atoms with E-state index in [1.807, 2.05) is 0 Å². The van der Waals surface area contributed by atoms with E-state index in [9.17, 15) is 22.8 Å². The van der Waals surface area contributed by atoms with Crippen LogP contribution in [-0.2, 0) is 17.9 Å². The van der Waals surface area contributed by atoms with Crippen LogP contribution in [-0.4, -0.2) is 21.8 Å². The van der Waals surface area contributed by atoms with Gasteiger partial charge in [-0.05, 0) is 17.5 Å². The molecule has 6 nitrogen and oxygen atoms in total. The first-order valence-corrected chi connectivity index (χ1v) is 8.74. The molecule has 27 heavy (non-hydrogen) atoms. The van der Waals surface area contributed by atoms with Gasteiger partial charge in [0.05, 0.1) is 11.7 Å². The number of carbonyl (C=O) groups is 1. The van der Waals surface area contributed by atoms with Crippen molar-refractivity contribution >= 4 is 27.5 Å². The lowest BCUT2D eigenvalue weighted by molar-refractivity contribution is -0.274. The van der Waals surface area contributed by atoms with Gasteiger partial charge in [0.2, 0.25) is 5.91 Å². The second-order valence-electron chi connectivity index (χ2n) is 5.56. The number of nitrogens with zero attached hydrogens (tertiary/aromatic N) is 2. The van der Waals surface area contributed by atoms with Gasteiger partial charge in [0.1, 0.15) is 10.6 Å². The summed E-state index contributed by atoms with van der Waals surface area (Å²) in [4.78, 5) is 29.0. The number of alkyl halides is 3. The molecule has 0 aliphatic heterocycles. The lowest BCUT2D eigenvalue weighted by atomic mass is 10.2. The lowest BCUT2D eigenvalue weighted by Crippen LogP contribution is -2.27. The maximum atomic E-state index is 12.4. The van der Waals surface area contributed by atoms with Gasteiger partial charge in [-0.1, -0.05) is 18.2 Å². The van der Waals surface area contributed by atoms with Crippen molar-refractivity contribution < 1.29 is 22.7 Å². The van der Waals surface area contributed by atoms with Crippen molar-refractivity contribution in [1.82, 2.24) is 14.9 Å². The molecule has 0 atom stereocenters. The van der Waals surface area contributed by atoms with Gasteiger partial charge < -0.3 is 10.1 Å². The van der Waals surface area contributed by atoms with Crippen molar-refractivity contribution in [3.05, 3.63) is 58.0 Å². The summed E-state index contributed by atoms with van der Waals surface area (Å²) in [6, 6.07) is 7.23. The Morgan fingerprint density at radius 2 is 2.04 bits per heavy atom. The normalized spacial score (nSPS) is 11.5. The SMILES string of the molecule is O=C(CCn1cnc2sccc2c1=O)NCc1ccccc1OC(F)(F)F. The predicted molar refractivity (Wildman–Crippen MR) is 93.5 cm³/mol. The first-order chi connectivity index (χ1) is 12.8. The molecule has 142 valence electrons.